The Bertz CT molecular complexity index is 1500. The van der Waals surface area contributed by atoms with Gasteiger partial charge < -0.3 is 24.4 Å². The highest BCUT2D eigenvalue weighted by Gasteiger charge is 2.35. The number of anilines is 1. The summed E-state index contributed by atoms with van der Waals surface area (Å²) in [5.74, 6) is 0.438. The minimum atomic E-state index is -4.28. The van der Waals surface area contributed by atoms with Crippen LogP contribution >= 0.6 is 0 Å². The monoisotopic (exact) mass is 611 g/mol. The Hall–Kier alpha value is -4.25. The molecule has 0 radical (unpaired) electrons. The van der Waals surface area contributed by atoms with Gasteiger partial charge >= 0.3 is 0 Å². The van der Waals surface area contributed by atoms with Crippen LogP contribution in [0.3, 0.4) is 0 Å². The van der Waals surface area contributed by atoms with Crippen LogP contribution in [0.15, 0.2) is 77.7 Å². The summed E-state index contributed by atoms with van der Waals surface area (Å²) in [6.45, 7) is 6.85. The third-order valence-corrected chi connectivity index (χ3v) is 8.43. The standard InChI is InChI=1S/C32H41N3O7S/c1-8-27(31(37)33-32(2,3)4)34(21-23-12-11-13-25(20-23)41-6)30(36)22-35(28-14-9-10-15-29(28)42-7)43(38,39)26-18-16-24(40-5)17-19-26/h9-20,27H,8,21-22H2,1-7H3,(H,33,37)/t27-/m0/s1. The van der Waals surface area contributed by atoms with Gasteiger partial charge in [-0.25, -0.2) is 8.42 Å². The number of hydrogen-bond acceptors (Lipinski definition) is 7. The summed E-state index contributed by atoms with van der Waals surface area (Å²) in [7, 11) is 0.184. The van der Waals surface area contributed by atoms with Crippen LogP contribution in [0.2, 0.25) is 0 Å². The largest absolute Gasteiger partial charge is 0.497 e. The topological polar surface area (TPSA) is 114 Å². The van der Waals surface area contributed by atoms with Crippen molar-refractivity contribution in [1.29, 1.82) is 0 Å². The summed E-state index contributed by atoms with van der Waals surface area (Å²) in [6, 6.07) is 18.8. The lowest BCUT2D eigenvalue weighted by atomic mass is 10.1. The molecule has 11 heteroatoms. The summed E-state index contributed by atoms with van der Waals surface area (Å²) in [5.41, 5.74) is 0.357. The van der Waals surface area contributed by atoms with Crippen LogP contribution in [-0.4, -0.2) is 64.6 Å². The number of benzene rings is 3. The molecule has 0 bridgehead atoms. The molecule has 0 aliphatic rings. The highest BCUT2D eigenvalue weighted by atomic mass is 32.2. The lowest BCUT2D eigenvalue weighted by Crippen LogP contribution is -2.55. The number of nitrogens with zero attached hydrogens (tertiary/aromatic N) is 2. The highest BCUT2D eigenvalue weighted by molar-refractivity contribution is 7.92. The Morgan fingerprint density at radius 2 is 1.51 bits per heavy atom. The minimum Gasteiger partial charge on any atom is -0.497 e. The van der Waals surface area contributed by atoms with Crippen LogP contribution < -0.4 is 23.8 Å². The Morgan fingerprint density at radius 1 is 0.860 bits per heavy atom. The fourth-order valence-corrected chi connectivity index (χ4v) is 5.99. The van der Waals surface area contributed by atoms with E-state index in [0.29, 0.717) is 17.9 Å². The second kappa shape index (κ2) is 14.3. The van der Waals surface area contributed by atoms with Crippen molar-refractivity contribution >= 4 is 27.5 Å². The molecule has 0 unspecified atom stereocenters. The Labute approximate surface area is 254 Å². The molecule has 3 aromatic carbocycles. The molecule has 10 nitrogen and oxygen atoms in total. The first-order chi connectivity index (χ1) is 20.3. The quantitative estimate of drug-likeness (QED) is 0.300. The molecule has 0 spiro atoms. The number of methoxy groups -OCH3 is 3. The third kappa shape index (κ3) is 8.41. The van der Waals surface area contributed by atoms with Gasteiger partial charge in [0.2, 0.25) is 11.8 Å². The van der Waals surface area contributed by atoms with E-state index in [1.165, 1.54) is 43.4 Å². The molecule has 0 aromatic heterocycles. The van der Waals surface area contributed by atoms with Gasteiger partial charge in [-0.2, -0.15) is 0 Å². The summed E-state index contributed by atoms with van der Waals surface area (Å²) in [4.78, 5) is 29.2. The number of para-hydroxylation sites is 2. The molecule has 0 aliphatic heterocycles. The molecule has 1 N–H and O–H groups in total. The van der Waals surface area contributed by atoms with E-state index < -0.39 is 34.1 Å². The van der Waals surface area contributed by atoms with E-state index in [-0.39, 0.29) is 28.8 Å². The molecule has 232 valence electrons. The van der Waals surface area contributed by atoms with Crippen LogP contribution in [0.4, 0.5) is 5.69 Å². The van der Waals surface area contributed by atoms with Gasteiger partial charge in [-0.3, -0.25) is 13.9 Å². The van der Waals surface area contributed by atoms with Crippen molar-refractivity contribution < 1.29 is 32.2 Å². The number of hydrogen-bond donors (Lipinski definition) is 1. The van der Waals surface area contributed by atoms with Crippen molar-refractivity contribution in [3.63, 3.8) is 0 Å². The molecule has 2 amide bonds. The molecular weight excluding hydrogens is 570 g/mol. The van der Waals surface area contributed by atoms with Gasteiger partial charge in [0.1, 0.15) is 29.8 Å². The average Bonchev–Trinajstić information content (AvgIpc) is 2.98. The summed E-state index contributed by atoms with van der Waals surface area (Å²) < 4.78 is 45.3. The van der Waals surface area contributed by atoms with Gasteiger partial charge in [0, 0.05) is 12.1 Å². The molecule has 3 rings (SSSR count). The lowest BCUT2D eigenvalue weighted by Gasteiger charge is -2.35. The van der Waals surface area contributed by atoms with Gasteiger partial charge in [0.15, 0.2) is 0 Å². The Balaban J connectivity index is 2.12. The third-order valence-electron chi connectivity index (χ3n) is 6.65. The number of ether oxygens (including phenoxy) is 3. The molecule has 3 aromatic rings. The van der Waals surface area contributed by atoms with Gasteiger partial charge in [0.05, 0.1) is 31.9 Å². The zero-order valence-corrected chi connectivity index (χ0v) is 26.6. The number of nitrogens with one attached hydrogen (secondary N) is 1. The second-order valence-electron chi connectivity index (χ2n) is 10.9. The van der Waals surface area contributed by atoms with E-state index >= 15 is 0 Å². The maximum atomic E-state index is 14.3. The highest BCUT2D eigenvalue weighted by Crippen LogP contribution is 2.33. The maximum absolute atomic E-state index is 14.3. The number of rotatable bonds is 13. The molecule has 0 fully saturated rings. The normalized spacial score (nSPS) is 12.2. The molecule has 0 saturated carbocycles. The summed E-state index contributed by atoms with van der Waals surface area (Å²) >= 11 is 0. The van der Waals surface area contributed by atoms with Crippen LogP contribution in [-0.2, 0) is 26.2 Å². The number of carbonyl (C=O) groups excluding carboxylic acids is 2. The van der Waals surface area contributed by atoms with Crippen molar-refractivity contribution in [2.45, 2.75) is 57.1 Å². The van der Waals surface area contributed by atoms with Gasteiger partial charge in [0.25, 0.3) is 10.0 Å². The number of amides is 2. The number of sulfonamides is 1. The van der Waals surface area contributed by atoms with E-state index in [4.69, 9.17) is 14.2 Å². The predicted octanol–water partition coefficient (Wildman–Crippen LogP) is 4.63. The zero-order chi connectivity index (χ0) is 31.8. The zero-order valence-electron chi connectivity index (χ0n) is 25.8. The van der Waals surface area contributed by atoms with Crippen molar-refractivity contribution in [3.05, 3.63) is 78.4 Å². The van der Waals surface area contributed by atoms with E-state index in [0.717, 1.165) is 9.87 Å². The van der Waals surface area contributed by atoms with Gasteiger partial charge in [-0.05, 0) is 81.3 Å². The molecular formula is C32H41N3O7S. The molecule has 0 saturated heterocycles. The van der Waals surface area contributed by atoms with E-state index in [9.17, 15) is 18.0 Å². The Kier molecular flexibility index (Phi) is 11.0. The summed E-state index contributed by atoms with van der Waals surface area (Å²) in [6.07, 6.45) is 0.303. The predicted molar refractivity (Wildman–Crippen MR) is 166 cm³/mol. The van der Waals surface area contributed by atoms with Crippen LogP contribution in [0.5, 0.6) is 17.2 Å². The minimum absolute atomic E-state index is 0.0381. The van der Waals surface area contributed by atoms with Crippen molar-refractivity contribution in [2.75, 3.05) is 32.2 Å². The SMILES string of the molecule is CC[C@@H](C(=O)NC(C)(C)C)N(Cc1cccc(OC)c1)C(=O)CN(c1ccccc1OC)S(=O)(=O)c1ccc(OC)cc1. The van der Waals surface area contributed by atoms with E-state index in [2.05, 4.69) is 5.32 Å². The molecule has 1 atom stereocenters. The molecule has 0 aliphatic carbocycles. The fourth-order valence-electron chi connectivity index (χ4n) is 4.56. The van der Waals surface area contributed by atoms with E-state index in [1.807, 2.05) is 33.8 Å². The van der Waals surface area contributed by atoms with E-state index in [1.54, 1.807) is 49.6 Å². The lowest BCUT2D eigenvalue weighted by molar-refractivity contribution is -0.141. The van der Waals surface area contributed by atoms with Crippen LogP contribution in [0.25, 0.3) is 0 Å². The smallest absolute Gasteiger partial charge is 0.264 e. The van der Waals surface area contributed by atoms with Crippen molar-refractivity contribution in [2.24, 2.45) is 0 Å². The first-order valence-electron chi connectivity index (χ1n) is 13.9. The van der Waals surface area contributed by atoms with Gasteiger partial charge in [-0.15, -0.1) is 0 Å². The van der Waals surface area contributed by atoms with Crippen molar-refractivity contribution in [3.8, 4) is 17.2 Å². The van der Waals surface area contributed by atoms with Crippen LogP contribution in [0, 0.1) is 0 Å². The van der Waals surface area contributed by atoms with Crippen molar-refractivity contribution in [1.82, 2.24) is 10.2 Å². The average molecular weight is 612 g/mol. The Morgan fingerprint density at radius 3 is 2.09 bits per heavy atom. The number of carbonyl (C=O) groups is 2. The van der Waals surface area contributed by atoms with Gasteiger partial charge in [-0.1, -0.05) is 31.2 Å². The molecule has 0 heterocycles. The first-order valence-corrected chi connectivity index (χ1v) is 15.3. The maximum Gasteiger partial charge on any atom is 0.264 e. The van der Waals surface area contributed by atoms with Crippen LogP contribution in [0.1, 0.15) is 39.7 Å². The first kappa shape index (κ1) is 33.3. The molecule has 43 heavy (non-hydrogen) atoms. The second-order valence-corrected chi connectivity index (χ2v) is 12.8. The summed E-state index contributed by atoms with van der Waals surface area (Å²) in [5, 5.41) is 2.96. The fraction of sp³-hybridized carbons (Fsp3) is 0.375.